The molecule has 1 amide bonds. The molecule has 0 fully saturated rings. The first-order valence-electron chi connectivity index (χ1n) is 6.44. The standard InChI is InChI=1S/C16H17ClN2O/c1-11-9-14(17)6-7-15(11)16(20)19(3)12(2)13-5-4-8-18-10-13/h4-10,12H,1-3H3. The van der Waals surface area contributed by atoms with E-state index >= 15 is 0 Å². The van der Waals surface area contributed by atoms with Crippen LogP contribution >= 0.6 is 11.6 Å². The molecule has 1 heterocycles. The van der Waals surface area contributed by atoms with Gasteiger partial charge in [0.2, 0.25) is 0 Å². The van der Waals surface area contributed by atoms with Crippen LogP contribution in [0.15, 0.2) is 42.7 Å². The van der Waals surface area contributed by atoms with Crippen LogP contribution in [0.2, 0.25) is 5.02 Å². The van der Waals surface area contributed by atoms with Crippen LogP contribution in [0.25, 0.3) is 0 Å². The van der Waals surface area contributed by atoms with Crippen LogP contribution in [-0.2, 0) is 0 Å². The quantitative estimate of drug-likeness (QED) is 0.859. The number of carbonyl (C=O) groups is 1. The van der Waals surface area contributed by atoms with Crippen molar-refractivity contribution < 1.29 is 4.79 Å². The molecule has 104 valence electrons. The number of nitrogens with zero attached hydrogens (tertiary/aromatic N) is 2. The van der Waals surface area contributed by atoms with Crippen molar-refractivity contribution in [2.45, 2.75) is 19.9 Å². The number of hydrogen-bond acceptors (Lipinski definition) is 2. The maximum atomic E-state index is 12.6. The normalized spacial score (nSPS) is 12.0. The molecule has 0 bridgehead atoms. The van der Waals surface area contributed by atoms with Crippen molar-refractivity contribution in [3.05, 3.63) is 64.4 Å². The monoisotopic (exact) mass is 288 g/mol. The first-order valence-corrected chi connectivity index (χ1v) is 6.81. The summed E-state index contributed by atoms with van der Waals surface area (Å²) in [6.45, 7) is 3.88. The number of aryl methyl sites for hydroxylation is 1. The molecule has 0 radical (unpaired) electrons. The van der Waals surface area contributed by atoms with E-state index in [1.807, 2.05) is 26.0 Å². The highest BCUT2D eigenvalue weighted by molar-refractivity contribution is 6.30. The Labute approximate surface area is 124 Å². The zero-order valence-electron chi connectivity index (χ0n) is 11.8. The second kappa shape index (κ2) is 6.06. The van der Waals surface area contributed by atoms with Gasteiger partial charge in [-0.15, -0.1) is 0 Å². The van der Waals surface area contributed by atoms with Gasteiger partial charge in [0.05, 0.1) is 6.04 Å². The minimum Gasteiger partial charge on any atom is -0.335 e. The van der Waals surface area contributed by atoms with Gasteiger partial charge in [-0.3, -0.25) is 9.78 Å². The van der Waals surface area contributed by atoms with Gasteiger partial charge >= 0.3 is 0 Å². The Bertz CT molecular complexity index is 613. The van der Waals surface area contributed by atoms with E-state index in [1.165, 1.54) is 0 Å². The third-order valence-corrected chi connectivity index (χ3v) is 3.72. The van der Waals surface area contributed by atoms with Gasteiger partial charge in [-0.25, -0.2) is 0 Å². The number of aromatic nitrogens is 1. The van der Waals surface area contributed by atoms with Crippen molar-refractivity contribution >= 4 is 17.5 Å². The largest absolute Gasteiger partial charge is 0.335 e. The van der Waals surface area contributed by atoms with Gasteiger partial charge in [-0.2, -0.15) is 0 Å². The highest BCUT2D eigenvalue weighted by Crippen LogP contribution is 2.22. The fourth-order valence-electron chi connectivity index (χ4n) is 2.08. The van der Waals surface area contributed by atoms with E-state index in [0.29, 0.717) is 10.6 Å². The molecule has 20 heavy (non-hydrogen) atoms. The van der Waals surface area contributed by atoms with E-state index in [0.717, 1.165) is 11.1 Å². The van der Waals surface area contributed by atoms with Crippen LogP contribution in [0.4, 0.5) is 0 Å². The molecule has 0 saturated carbocycles. The molecule has 0 N–H and O–H groups in total. The third kappa shape index (κ3) is 2.99. The van der Waals surface area contributed by atoms with Gasteiger partial charge in [-0.1, -0.05) is 17.7 Å². The van der Waals surface area contributed by atoms with Crippen LogP contribution < -0.4 is 0 Å². The fourth-order valence-corrected chi connectivity index (χ4v) is 2.31. The van der Waals surface area contributed by atoms with Crippen molar-refractivity contribution in [1.29, 1.82) is 0 Å². The lowest BCUT2D eigenvalue weighted by Crippen LogP contribution is -2.30. The Balaban J connectivity index is 2.24. The van der Waals surface area contributed by atoms with Gasteiger partial charge in [0.15, 0.2) is 0 Å². The summed E-state index contributed by atoms with van der Waals surface area (Å²) in [7, 11) is 1.80. The Morgan fingerprint density at radius 2 is 2.10 bits per heavy atom. The van der Waals surface area contributed by atoms with Crippen molar-refractivity contribution in [3.63, 3.8) is 0 Å². The molecule has 0 aliphatic heterocycles. The summed E-state index contributed by atoms with van der Waals surface area (Å²) in [6, 6.07) is 9.12. The maximum Gasteiger partial charge on any atom is 0.254 e. The Morgan fingerprint density at radius 1 is 1.35 bits per heavy atom. The van der Waals surface area contributed by atoms with E-state index in [9.17, 15) is 4.79 Å². The van der Waals surface area contributed by atoms with Crippen LogP contribution in [0, 0.1) is 6.92 Å². The molecule has 2 aromatic rings. The molecule has 0 spiro atoms. The third-order valence-electron chi connectivity index (χ3n) is 3.49. The second-order valence-corrected chi connectivity index (χ2v) is 5.27. The SMILES string of the molecule is Cc1cc(Cl)ccc1C(=O)N(C)C(C)c1cccnc1. The minimum atomic E-state index is -0.0359. The van der Waals surface area contributed by atoms with Gasteiger partial charge in [0, 0.05) is 30.0 Å². The Kier molecular flexibility index (Phi) is 4.40. The number of halogens is 1. The lowest BCUT2D eigenvalue weighted by Gasteiger charge is -2.25. The molecular weight excluding hydrogens is 272 g/mol. The summed E-state index contributed by atoms with van der Waals surface area (Å²) < 4.78 is 0. The molecule has 1 aromatic carbocycles. The molecule has 0 saturated heterocycles. The second-order valence-electron chi connectivity index (χ2n) is 4.84. The summed E-state index contributed by atoms with van der Waals surface area (Å²) in [6.07, 6.45) is 3.50. The molecule has 4 heteroatoms. The van der Waals surface area contributed by atoms with Crippen molar-refractivity contribution in [3.8, 4) is 0 Å². The topological polar surface area (TPSA) is 33.2 Å². The molecule has 1 unspecified atom stereocenters. The predicted molar refractivity (Wildman–Crippen MR) is 80.9 cm³/mol. The summed E-state index contributed by atoms with van der Waals surface area (Å²) in [5.74, 6) is -0.0180. The number of benzene rings is 1. The highest BCUT2D eigenvalue weighted by atomic mass is 35.5. The molecule has 0 aliphatic carbocycles. The molecule has 1 aromatic heterocycles. The highest BCUT2D eigenvalue weighted by Gasteiger charge is 2.20. The Hall–Kier alpha value is -1.87. The summed E-state index contributed by atoms with van der Waals surface area (Å²) in [4.78, 5) is 18.4. The van der Waals surface area contributed by atoms with E-state index in [-0.39, 0.29) is 11.9 Å². The van der Waals surface area contributed by atoms with Gasteiger partial charge in [-0.05, 0) is 49.2 Å². The van der Waals surface area contributed by atoms with E-state index in [4.69, 9.17) is 11.6 Å². The van der Waals surface area contributed by atoms with Crippen LogP contribution in [0.1, 0.15) is 34.5 Å². The zero-order chi connectivity index (χ0) is 14.7. The number of amides is 1. The van der Waals surface area contributed by atoms with Crippen molar-refractivity contribution in [2.75, 3.05) is 7.05 Å². The van der Waals surface area contributed by atoms with Gasteiger partial charge in [0.1, 0.15) is 0 Å². The van der Waals surface area contributed by atoms with E-state index < -0.39 is 0 Å². The molecule has 0 aliphatic rings. The summed E-state index contributed by atoms with van der Waals surface area (Å²) >= 11 is 5.93. The lowest BCUT2D eigenvalue weighted by molar-refractivity contribution is 0.0741. The van der Waals surface area contributed by atoms with Crippen molar-refractivity contribution in [2.24, 2.45) is 0 Å². The van der Waals surface area contributed by atoms with Gasteiger partial charge in [0.25, 0.3) is 5.91 Å². The van der Waals surface area contributed by atoms with E-state index in [2.05, 4.69) is 4.98 Å². The number of rotatable bonds is 3. The lowest BCUT2D eigenvalue weighted by atomic mass is 10.1. The summed E-state index contributed by atoms with van der Waals surface area (Å²) in [5, 5.41) is 0.641. The minimum absolute atomic E-state index is 0.0180. The average molecular weight is 289 g/mol. The molecule has 1 atom stereocenters. The zero-order valence-corrected chi connectivity index (χ0v) is 12.6. The Morgan fingerprint density at radius 3 is 2.70 bits per heavy atom. The number of carbonyl (C=O) groups excluding carboxylic acids is 1. The van der Waals surface area contributed by atoms with E-state index in [1.54, 1.807) is 42.5 Å². The first kappa shape index (κ1) is 14.5. The number of pyridine rings is 1. The molecule has 2 rings (SSSR count). The van der Waals surface area contributed by atoms with Gasteiger partial charge < -0.3 is 4.90 Å². The smallest absolute Gasteiger partial charge is 0.254 e. The molecular formula is C16H17ClN2O. The van der Waals surface area contributed by atoms with Crippen LogP contribution in [-0.4, -0.2) is 22.8 Å². The first-order chi connectivity index (χ1) is 9.50. The van der Waals surface area contributed by atoms with Crippen molar-refractivity contribution in [1.82, 2.24) is 9.88 Å². The fraction of sp³-hybridized carbons (Fsp3) is 0.250. The maximum absolute atomic E-state index is 12.6. The predicted octanol–water partition coefficient (Wildman–Crippen LogP) is 3.88. The van der Waals surface area contributed by atoms with Crippen LogP contribution in [0.5, 0.6) is 0 Å². The van der Waals surface area contributed by atoms with Crippen LogP contribution in [0.3, 0.4) is 0 Å². The molecule has 3 nitrogen and oxygen atoms in total. The number of hydrogen-bond donors (Lipinski definition) is 0. The average Bonchev–Trinajstić information content (AvgIpc) is 2.46. The summed E-state index contributed by atoms with van der Waals surface area (Å²) in [5.41, 5.74) is 2.57.